The molecular weight excluding hydrogens is 478 g/mol. The minimum Gasteiger partial charge on any atom is -0.394 e. The molecule has 7 unspecified atom stereocenters. The van der Waals surface area contributed by atoms with E-state index in [9.17, 15) is 30.3 Å². The van der Waals surface area contributed by atoms with Crippen LogP contribution in [0.1, 0.15) is 104 Å². The van der Waals surface area contributed by atoms with Gasteiger partial charge in [0.25, 0.3) is 0 Å². The number of aliphatic hydroxyl groups excluding tert-OH is 5. The van der Waals surface area contributed by atoms with E-state index in [4.69, 9.17) is 9.47 Å². The highest BCUT2D eigenvalue weighted by molar-refractivity contribution is 5.76. The van der Waals surface area contributed by atoms with Gasteiger partial charge in [0.2, 0.25) is 5.91 Å². The lowest BCUT2D eigenvalue weighted by Gasteiger charge is -2.40. The Balaban J connectivity index is 2.41. The number of aliphatic hydroxyl groups is 5. The van der Waals surface area contributed by atoms with E-state index >= 15 is 0 Å². The molecule has 7 atom stereocenters. The molecule has 0 bridgehead atoms. The van der Waals surface area contributed by atoms with Crippen LogP contribution in [0.4, 0.5) is 0 Å². The van der Waals surface area contributed by atoms with Crippen LogP contribution in [0.3, 0.4) is 0 Å². The first kappa shape index (κ1) is 34.0. The molecule has 0 spiro atoms. The largest absolute Gasteiger partial charge is 0.394 e. The summed E-state index contributed by atoms with van der Waals surface area (Å²) in [5, 5.41) is 52.8. The number of ether oxygens (including phenoxy) is 2. The third-order valence-electron chi connectivity index (χ3n) is 6.83. The zero-order valence-corrected chi connectivity index (χ0v) is 23.0. The van der Waals surface area contributed by atoms with Gasteiger partial charge in [0.15, 0.2) is 6.29 Å². The zero-order chi connectivity index (χ0) is 27.5. The summed E-state index contributed by atoms with van der Waals surface area (Å²) in [5.41, 5.74) is 0. The van der Waals surface area contributed by atoms with Crippen molar-refractivity contribution >= 4 is 5.91 Å². The molecule has 1 heterocycles. The highest BCUT2D eigenvalue weighted by Gasteiger charge is 2.44. The van der Waals surface area contributed by atoms with Crippen LogP contribution >= 0.6 is 0 Å². The summed E-state index contributed by atoms with van der Waals surface area (Å²) in [5.74, 6) is -0.234. The number of carbonyl (C=O) groups excluding carboxylic acids is 1. The molecule has 1 aliphatic rings. The van der Waals surface area contributed by atoms with Gasteiger partial charge in [-0.1, -0.05) is 90.2 Å². The van der Waals surface area contributed by atoms with Gasteiger partial charge in [0.05, 0.1) is 25.4 Å². The van der Waals surface area contributed by atoms with Crippen molar-refractivity contribution < 1.29 is 39.8 Å². The van der Waals surface area contributed by atoms with E-state index in [0.29, 0.717) is 12.8 Å². The molecule has 0 aromatic rings. The van der Waals surface area contributed by atoms with Crippen LogP contribution in [-0.2, 0) is 14.3 Å². The Morgan fingerprint density at radius 1 is 0.892 bits per heavy atom. The molecule has 0 radical (unpaired) electrons. The summed E-state index contributed by atoms with van der Waals surface area (Å²) < 4.78 is 10.9. The zero-order valence-electron chi connectivity index (χ0n) is 23.0. The number of hydrogen-bond acceptors (Lipinski definition) is 8. The van der Waals surface area contributed by atoms with Gasteiger partial charge < -0.3 is 40.3 Å². The maximum absolute atomic E-state index is 12.2. The van der Waals surface area contributed by atoms with Crippen LogP contribution in [0.5, 0.6) is 0 Å². The number of nitrogens with one attached hydrogen (secondary N) is 1. The fraction of sp³-hybridized carbons (Fsp3) is 0.893. The first-order valence-electron chi connectivity index (χ1n) is 14.4. The molecule has 1 saturated heterocycles. The molecule has 1 amide bonds. The first-order chi connectivity index (χ1) is 17.8. The van der Waals surface area contributed by atoms with Crippen LogP contribution in [0, 0.1) is 0 Å². The third kappa shape index (κ3) is 14.0. The molecule has 1 rings (SSSR count). The van der Waals surface area contributed by atoms with Crippen LogP contribution in [0.15, 0.2) is 12.2 Å². The molecule has 37 heavy (non-hydrogen) atoms. The average Bonchev–Trinajstić information content (AvgIpc) is 2.88. The van der Waals surface area contributed by atoms with Crippen molar-refractivity contribution in [3.63, 3.8) is 0 Å². The predicted octanol–water partition coefficient (Wildman–Crippen LogP) is 2.71. The minimum atomic E-state index is -1.56. The topological polar surface area (TPSA) is 149 Å². The van der Waals surface area contributed by atoms with E-state index in [0.717, 1.165) is 19.3 Å². The van der Waals surface area contributed by atoms with Gasteiger partial charge in [0.1, 0.15) is 24.4 Å². The normalized spacial score (nSPS) is 25.9. The van der Waals surface area contributed by atoms with Gasteiger partial charge in [-0.3, -0.25) is 4.79 Å². The molecule has 6 N–H and O–H groups in total. The third-order valence-corrected chi connectivity index (χ3v) is 6.83. The van der Waals surface area contributed by atoms with Crippen molar-refractivity contribution in [1.82, 2.24) is 5.32 Å². The number of carbonyl (C=O) groups is 1. The number of hydrogen-bond donors (Lipinski definition) is 6. The molecule has 1 aliphatic heterocycles. The smallest absolute Gasteiger partial charge is 0.220 e. The summed E-state index contributed by atoms with van der Waals surface area (Å²) in [6, 6.07) is -0.792. The second-order valence-electron chi connectivity index (χ2n) is 10.2. The maximum atomic E-state index is 12.2. The average molecular weight is 532 g/mol. The van der Waals surface area contributed by atoms with E-state index in [1.54, 1.807) is 6.08 Å². The molecular formula is C28H53NO8. The van der Waals surface area contributed by atoms with Crippen molar-refractivity contribution in [1.29, 1.82) is 0 Å². The Morgan fingerprint density at radius 3 is 2.05 bits per heavy atom. The van der Waals surface area contributed by atoms with Crippen LogP contribution in [-0.4, -0.2) is 87.5 Å². The lowest BCUT2D eigenvalue weighted by Crippen LogP contribution is -2.60. The standard InChI is InChI=1S/C28H53NO8/c1-3-5-6-7-8-9-10-11-12-13-14-15-16-18-22(31)21(29-24(32)17-4-2)20-36-28-27(35)26(34)25(33)23(19-30)37-28/h16,18,21-23,25-28,30-31,33-35H,3-15,17,19-20H2,1-2H3,(H,29,32). The van der Waals surface area contributed by atoms with Crippen molar-refractivity contribution in [2.45, 2.75) is 147 Å². The molecule has 0 saturated carbocycles. The minimum absolute atomic E-state index is 0.192. The Kier molecular flexibility index (Phi) is 19.1. The Labute approximate surface area is 223 Å². The fourth-order valence-electron chi connectivity index (χ4n) is 4.43. The van der Waals surface area contributed by atoms with E-state index < -0.39 is 49.5 Å². The molecule has 0 aromatic carbocycles. The summed E-state index contributed by atoms with van der Waals surface area (Å²) in [7, 11) is 0. The number of unbranched alkanes of at least 4 members (excludes halogenated alkanes) is 11. The highest BCUT2D eigenvalue weighted by Crippen LogP contribution is 2.22. The van der Waals surface area contributed by atoms with Gasteiger partial charge in [-0.15, -0.1) is 0 Å². The van der Waals surface area contributed by atoms with Crippen molar-refractivity contribution in [2.75, 3.05) is 13.2 Å². The lowest BCUT2D eigenvalue weighted by atomic mass is 9.99. The lowest BCUT2D eigenvalue weighted by molar-refractivity contribution is -0.302. The summed E-state index contributed by atoms with van der Waals surface area (Å²) in [6.07, 6.45) is 11.3. The fourth-order valence-corrected chi connectivity index (χ4v) is 4.43. The van der Waals surface area contributed by atoms with Crippen LogP contribution in [0.25, 0.3) is 0 Å². The maximum Gasteiger partial charge on any atom is 0.220 e. The Morgan fingerprint density at radius 2 is 1.49 bits per heavy atom. The molecule has 0 aromatic heterocycles. The Bertz CT molecular complexity index is 603. The highest BCUT2D eigenvalue weighted by atomic mass is 16.7. The van der Waals surface area contributed by atoms with Crippen molar-refractivity contribution in [3.8, 4) is 0 Å². The SMILES string of the molecule is CCCCCCCCCCCCCC=CC(O)C(COC1OC(CO)C(O)C(O)C1O)NC(=O)CCC. The second-order valence-corrected chi connectivity index (χ2v) is 10.2. The molecule has 1 fully saturated rings. The van der Waals surface area contributed by atoms with Gasteiger partial charge >= 0.3 is 0 Å². The van der Waals surface area contributed by atoms with E-state index in [2.05, 4.69) is 12.2 Å². The monoisotopic (exact) mass is 531 g/mol. The summed E-state index contributed by atoms with van der Waals surface area (Å²) >= 11 is 0. The van der Waals surface area contributed by atoms with Gasteiger partial charge in [-0.25, -0.2) is 0 Å². The quantitative estimate of drug-likeness (QED) is 0.0978. The first-order valence-corrected chi connectivity index (χ1v) is 14.4. The second kappa shape index (κ2) is 20.8. The Hall–Kier alpha value is -1.07. The van der Waals surface area contributed by atoms with E-state index in [-0.39, 0.29) is 12.5 Å². The van der Waals surface area contributed by atoms with E-state index in [1.165, 1.54) is 57.8 Å². The van der Waals surface area contributed by atoms with Crippen molar-refractivity contribution in [2.24, 2.45) is 0 Å². The molecule has 9 nitrogen and oxygen atoms in total. The predicted molar refractivity (Wildman–Crippen MR) is 143 cm³/mol. The number of allylic oxidation sites excluding steroid dienone is 1. The summed E-state index contributed by atoms with van der Waals surface area (Å²) in [4.78, 5) is 12.2. The van der Waals surface area contributed by atoms with Crippen LogP contribution < -0.4 is 5.32 Å². The number of amides is 1. The van der Waals surface area contributed by atoms with Gasteiger partial charge in [-0.2, -0.15) is 0 Å². The van der Waals surface area contributed by atoms with Gasteiger partial charge in [0, 0.05) is 6.42 Å². The molecule has 9 heteroatoms. The van der Waals surface area contributed by atoms with Crippen LogP contribution in [0.2, 0.25) is 0 Å². The van der Waals surface area contributed by atoms with Crippen molar-refractivity contribution in [3.05, 3.63) is 12.2 Å². The van der Waals surface area contributed by atoms with E-state index in [1.807, 2.05) is 13.0 Å². The molecule has 218 valence electrons. The number of rotatable bonds is 21. The molecule has 0 aliphatic carbocycles. The van der Waals surface area contributed by atoms with Gasteiger partial charge in [-0.05, 0) is 19.3 Å². The summed E-state index contributed by atoms with van der Waals surface area (Å²) in [6.45, 7) is 3.36.